The maximum absolute atomic E-state index is 12.9. The van der Waals surface area contributed by atoms with Gasteiger partial charge in [0, 0.05) is 17.7 Å². The summed E-state index contributed by atoms with van der Waals surface area (Å²) in [4.78, 5) is 16.0. The quantitative estimate of drug-likeness (QED) is 0.0947. The Bertz CT molecular complexity index is 1170. The van der Waals surface area contributed by atoms with Crippen LogP contribution in [-0.4, -0.2) is 12.5 Å². The minimum atomic E-state index is 0. The first kappa shape index (κ1) is 36.3. The number of aromatic nitrogens is 1. The van der Waals surface area contributed by atoms with Crippen LogP contribution >= 0.6 is 22.9 Å². The lowest BCUT2D eigenvalue weighted by molar-refractivity contribution is -0.683. The van der Waals surface area contributed by atoms with Gasteiger partial charge in [-0.1, -0.05) is 126 Å². The number of carbonyl (C=O) groups excluding carboxylic acids is 1. The lowest BCUT2D eigenvalue weighted by atomic mass is 10.1. The van der Waals surface area contributed by atoms with Crippen molar-refractivity contribution in [2.75, 3.05) is 11.5 Å². The van der Waals surface area contributed by atoms with E-state index in [1.165, 1.54) is 81.1 Å². The van der Waals surface area contributed by atoms with Crippen LogP contribution in [0.2, 0.25) is 5.02 Å². The summed E-state index contributed by atoms with van der Waals surface area (Å²) in [6.45, 7) is 8.27. The molecular weight excluding hydrogens is 628 g/mol. The standard InChI is InChI=1S/C35H50ClN2O2S.BrH/c1-4-6-7-8-9-10-11-12-13-14-15-16-23-40-34-22-19-31(24-33(34)36)27-38(35(39)5-2)32-20-17-30(18-21-32)26-37-25-29(3)41-28-37;/h17-22,24-25,28H,4-16,23,26-27H2,1-3H3;1H/q+1;/p-1. The molecule has 232 valence electrons. The normalized spacial score (nSPS) is 10.9. The van der Waals surface area contributed by atoms with E-state index in [0.29, 0.717) is 24.6 Å². The van der Waals surface area contributed by atoms with Crippen molar-refractivity contribution >= 4 is 34.5 Å². The fourth-order valence-corrected chi connectivity index (χ4v) is 5.99. The summed E-state index contributed by atoms with van der Waals surface area (Å²) in [5, 5.41) is 0.601. The van der Waals surface area contributed by atoms with Crippen molar-refractivity contribution in [1.82, 2.24) is 0 Å². The van der Waals surface area contributed by atoms with Crippen molar-refractivity contribution in [1.29, 1.82) is 0 Å². The Balaban J connectivity index is 0.00000616. The van der Waals surface area contributed by atoms with Crippen molar-refractivity contribution < 1.29 is 31.1 Å². The van der Waals surface area contributed by atoms with Crippen LogP contribution in [0.25, 0.3) is 0 Å². The molecule has 0 aliphatic heterocycles. The molecule has 0 saturated heterocycles. The number of anilines is 1. The van der Waals surface area contributed by atoms with E-state index in [4.69, 9.17) is 16.3 Å². The Morgan fingerprint density at radius 2 is 1.45 bits per heavy atom. The van der Waals surface area contributed by atoms with E-state index in [1.54, 1.807) is 11.3 Å². The Labute approximate surface area is 274 Å². The van der Waals surface area contributed by atoms with Crippen molar-refractivity contribution in [3.8, 4) is 5.75 Å². The zero-order valence-corrected chi connectivity index (χ0v) is 29.0. The molecule has 42 heavy (non-hydrogen) atoms. The number of amides is 1. The molecule has 0 N–H and O–H groups in total. The van der Waals surface area contributed by atoms with Gasteiger partial charge in [0.05, 0.1) is 23.1 Å². The predicted octanol–water partition coefficient (Wildman–Crippen LogP) is 7.07. The summed E-state index contributed by atoms with van der Waals surface area (Å²) in [7, 11) is 0. The second-order valence-corrected chi connectivity index (χ2v) is 12.6. The van der Waals surface area contributed by atoms with Crippen LogP contribution in [0, 0.1) is 6.92 Å². The number of hydrogen-bond acceptors (Lipinski definition) is 3. The summed E-state index contributed by atoms with van der Waals surface area (Å²) in [5.41, 5.74) is 5.22. The Kier molecular flexibility index (Phi) is 18.1. The summed E-state index contributed by atoms with van der Waals surface area (Å²) in [6, 6.07) is 14.2. The van der Waals surface area contributed by atoms with Gasteiger partial charge in [0.15, 0.2) is 12.7 Å². The van der Waals surface area contributed by atoms with Crippen molar-refractivity contribution in [2.24, 2.45) is 0 Å². The van der Waals surface area contributed by atoms with Crippen LogP contribution in [0.3, 0.4) is 0 Å². The molecule has 0 saturated carbocycles. The molecule has 4 nitrogen and oxygen atoms in total. The monoisotopic (exact) mass is 676 g/mol. The number of aryl methyl sites for hydroxylation is 1. The summed E-state index contributed by atoms with van der Waals surface area (Å²) < 4.78 is 8.18. The number of unbranched alkanes of at least 4 members (excludes halogenated alkanes) is 11. The first-order valence-electron chi connectivity index (χ1n) is 15.7. The molecule has 0 radical (unpaired) electrons. The molecule has 0 aliphatic rings. The maximum atomic E-state index is 12.9. The number of nitrogens with zero attached hydrogens (tertiary/aromatic N) is 2. The van der Waals surface area contributed by atoms with E-state index in [1.807, 2.05) is 42.2 Å². The number of thiazole rings is 1. The van der Waals surface area contributed by atoms with E-state index in [-0.39, 0.29) is 22.9 Å². The van der Waals surface area contributed by atoms with Gasteiger partial charge < -0.3 is 26.6 Å². The highest BCUT2D eigenvalue weighted by Crippen LogP contribution is 2.28. The van der Waals surface area contributed by atoms with Crippen LogP contribution in [0.5, 0.6) is 5.75 Å². The SMILES string of the molecule is CCCCCCCCCCCCCCOc1ccc(CN(C(=O)CC)c2ccc(C[n+]3csc(C)c3)cc2)cc1Cl.[Br-]. The van der Waals surface area contributed by atoms with Gasteiger partial charge in [0.2, 0.25) is 11.4 Å². The number of benzene rings is 2. The molecule has 0 fully saturated rings. The molecule has 1 heterocycles. The lowest BCUT2D eigenvalue weighted by Crippen LogP contribution is -3.00. The van der Waals surface area contributed by atoms with Crippen LogP contribution in [0.15, 0.2) is 54.2 Å². The summed E-state index contributed by atoms with van der Waals surface area (Å²) in [5.74, 6) is 0.807. The number of halogens is 2. The highest BCUT2D eigenvalue weighted by atomic mass is 79.9. The largest absolute Gasteiger partial charge is 1.00 e. The average Bonchev–Trinajstić information content (AvgIpc) is 3.39. The van der Waals surface area contributed by atoms with Crippen LogP contribution < -0.4 is 31.2 Å². The van der Waals surface area contributed by atoms with E-state index in [2.05, 4.69) is 42.3 Å². The molecule has 2 aromatic carbocycles. The Hall–Kier alpha value is -1.89. The Morgan fingerprint density at radius 3 is 2.00 bits per heavy atom. The second kappa shape index (κ2) is 20.9. The molecule has 0 atom stereocenters. The second-order valence-electron chi connectivity index (χ2n) is 11.1. The first-order chi connectivity index (χ1) is 20.0. The third-order valence-corrected chi connectivity index (χ3v) is 8.68. The van der Waals surface area contributed by atoms with Crippen molar-refractivity contribution in [2.45, 2.75) is 117 Å². The molecule has 1 aromatic heterocycles. The van der Waals surface area contributed by atoms with Gasteiger partial charge >= 0.3 is 0 Å². The van der Waals surface area contributed by atoms with E-state index in [0.717, 1.165) is 30.0 Å². The van der Waals surface area contributed by atoms with Gasteiger partial charge in [-0.25, -0.2) is 0 Å². The Morgan fingerprint density at radius 1 is 0.857 bits per heavy atom. The van der Waals surface area contributed by atoms with Crippen molar-refractivity contribution in [3.05, 3.63) is 75.2 Å². The van der Waals surface area contributed by atoms with Crippen LogP contribution in [0.1, 0.15) is 113 Å². The molecule has 1 amide bonds. The third kappa shape index (κ3) is 13.2. The molecule has 0 aliphatic carbocycles. The van der Waals surface area contributed by atoms with Gasteiger partial charge in [0.25, 0.3) is 0 Å². The van der Waals surface area contributed by atoms with E-state index in [9.17, 15) is 4.79 Å². The highest BCUT2D eigenvalue weighted by Gasteiger charge is 2.16. The zero-order valence-electron chi connectivity index (χ0n) is 25.9. The average molecular weight is 678 g/mol. The number of carbonyl (C=O) groups is 1. The van der Waals surface area contributed by atoms with Crippen LogP contribution in [0.4, 0.5) is 5.69 Å². The first-order valence-corrected chi connectivity index (χ1v) is 17.0. The lowest BCUT2D eigenvalue weighted by Gasteiger charge is -2.23. The van der Waals surface area contributed by atoms with E-state index >= 15 is 0 Å². The maximum Gasteiger partial charge on any atom is 0.227 e. The minimum Gasteiger partial charge on any atom is -1.00 e. The summed E-state index contributed by atoms with van der Waals surface area (Å²) in [6.07, 6.45) is 18.5. The molecular formula is C35H50BrClN2O2S. The predicted molar refractivity (Wildman–Crippen MR) is 174 cm³/mol. The third-order valence-electron chi connectivity index (χ3n) is 7.53. The zero-order chi connectivity index (χ0) is 29.3. The molecule has 7 heteroatoms. The minimum absolute atomic E-state index is 0. The fraction of sp³-hybridized carbons (Fsp3) is 0.543. The number of hydrogen-bond donors (Lipinski definition) is 0. The molecule has 0 unspecified atom stereocenters. The molecule has 0 bridgehead atoms. The highest BCUT2D eigenvalue weighted by molar-refractivity contribution is 7.09. The van der Waals surface area contributed by atoms with E-state index < -0.39 is 0 Å². The number of rotatable bonds is 20. The van der Waals surface area contributed by atoms with Crippen LogP contribution in [-0.2, 0) is 17.9 Å². The molecule has 0 spiro atoms. The van der Waals surface area contributed by atoms with Gasteiger partial charge in [-0.05, 0) is 43.2 Å². The topological polar surface area (TPSA) is 33.4 Å². The van der Waals surface area contributed by atoms with Gasteiger partial charge in [-0.15, -0.1) is 0 Å². The summed E-state index contributed by atoms with van der Waals surface area (Å²) >= 11 is 8.34. The molecule has 3 rings (SSSR count). The number of ether oxygens (including phenoxy) is 1. The smallest absolute Gasteiger partial charge is 0.227 e. The van der Waals surface area contributed by atoms with Gasteiger partial charge in [-0.2, -0.15) is 4.57 Å². The fourth-order valence-electron chi connectivity index (χ4n) is 5.10. The van der Waals surface area contributed by atoms with Gasteiger partial charge in [-0.3, -0.25) is 4.79 Å². The van der Waals surface area contributed by atoms with Gasteiger partial charge in [0.1, 0.15) is 5.75 Å². The molecule has 3 aromatic rings. The van der Waals surface area contributed by atoms with Crippen molar-refractivity contribution in [3.63, 3.8) is 0 Å².